The Labute approximate surface area is 221 Å². The zero-order valence-electron chi connectivity index (χ0n) is 23.3. The van der Waals surface area contributed by atoms with Crippen molar-refractivity contribution in [2.75, 3.05) is 13.3 Å². The van der Waals surface area contributed by atoms with Crippen LogP contribution in [0.15, 0.2) is 35.2 Å². The summed E-state index contributed by atoms with van der Waals surface area (Å²) in [5.74, 6) is -0.664. The van der Waals surface area contributed by atoms with Crippen LogP contribution in [0.5, 0.6) is 0 Å². The topological polar surface area (TPSA) is 94.1 Å². The van der Waals surface area contributed by atoms with Crippen molar-refractivity contribution in [2.45, 2.75) is 96.8 Å². The zero-order chi connectivity index (χ0) is 27.3. The normalized spacial score (nSPS) is 26.7. The van der Waals surface area contributed by atoms with E-state index in [0.29, 0.717) is 6.42 Å². The predicted octanol–water partition coefficient (Wildman–Crippen LogP) is 5.01. The summed E-state index contributed by atoms with van der Waals surface area (Å²) in [6.45, 7) is 17.0. The van der Waals surface area contributed by atoms with Gasteiger partial charge in [-0.25, -0.2) is 0 Å². The second-order valence-electron chi connectivity index (χ2n) is 12.1. The molecule has 0 bridgehead atoms. The van der Waals surface area contributed by atoms with Crippen LogP contribution in [0.4, 0.5) is 0 Å². The predicted molar refractivity (Wildman–Crippen MR) is 142 cm³/mol. The van der Waals surface area contributed by atoms with Gasteiger partial charge in [0.05, 0.1) is 36.3 Å². The minimum absolute atomic E-state index is 0.0349. The second kappa shape index (κ2) is 12.3. The highest BCUT2D eigenvalue weighted by Gasteiger charge is 2.50. The van der Waals surface area contributed by atoms with E-state index < -0.39 is 34.0 Å². The molecule has 36 heavy (non-hydrogen) atoms. The van der Waals surface area contributed by atoms with Gasteiger partial charge in [-0.1, -0.05) is 43.8 Å². The largest absolute Gasteiger partial charge is 0.465 e. The number of nitrogens with one attached hydrogen (secondary N) is 1. The molecule has 6 atom stereocenters. The molecule has 2 rings (SSSR count). The summed E-state index contributed by atoms with van der Waals surface area (Å²) in [6, 6.07) is 9.55. The molecule has 1 aromatic carbocycles. The fraction of sp³-hybridized carbons (Fsp3) is 0.714. The van der Waals surface area contributed by atoms with Gasteiger partial charge in [0.2, 0.25) is 0 Å². The molecule has 0 aliphatic carbocycles. The number of rotatable bonds is 9. The standard InChI is InChI=1S/C28H45NO6S/c1-18(16-33-24(31)26(3,4)5)19(2)23-22(29-17-30)21(34-25(32)27(6,7)8)15-28(9,35-23)36-20-13-11-10-12-14-20/h10-14,18-19,21-23,29-30H,15-17H2,1-9H3/t18-,19-,21-,22-,23?,28+/m1/s1. The lowest BCUT2D eigenvalue weighted by molar-refractivity contribution is -0.189. The molecule has 0 aromatic heterocycles. The number of hydrogen-bond acceptors (Lipinski definition) is 8. The Morgan fingerprint density at radius 1 is 1.11 bits per heavy atom. The van der Waals surface area contributed by atoms with Gasteiger partial charge in [-0.2, -0.15) is 0 Å². The molecular weight excluding hydrogens is 478 g/mol. The van der Waals surface area contributed by atoms with E-state index >= 15 is 0 Å². The molecule has 0 amide bonds. The van der Waals surface area contributed by atoms with Gasteiger partial charge in [0, 0.05) is 11.3 Å². The zero-order valence-corrected chi connectivity index (χ0v) is 24.1. The van der Waals surface area contributed by atoms with Crippen molar-refractivity contribution in [1.82, 2.24) is 5.32 Å². The highest BCUT2D eigenvalue weighted by Crippen LogP contribution is 2.45. The molecule has 0 spiro atoms. The maximum Gasteiger partial charge on any atom is 0.311 e. The van der Waals surface area contributed by atoms with Gasteiger partial charge in [-0.15, -0.1) is 0 Å². The van der Waals surface area contributed by atoms with Crippen LogP contribution in [0.2, 0.25) is 0 Å². The maximum absolute atomic E-state index is 12.9. The number of thioether (sulfide) groups is 1. The van der Waals surface area contributed by atoms with E-state index in [0.717, 1.165) is 4.90 Å². The van der Waals surface area contributed by atoms with Crippen molar-refractivity contribution in [3.63, 3.8) is 0 Å². The van der Waals surface area contributed by atoms with Crippen LogP contribution in [0.25, 0.3) is 0 Å². The molecule has 1 fully saturated rings. The molecule has 2 N–H and O–H groups in total. The number of hydrogen-bond donors (Lipinski definition) is 2. The smallest absolute Gasteiger partial charge is 0.311 e. The van der Waals surface area contributed by atoms with Crippen LogP contribution in [-0.2, 0) is 23.8 Å². The number of ether oxygens (including phenoxy) is 3. The summed E-state index contributed by atoms with van der Waals surface area (Å²) in [5, 5.41) is 12.9. The fourth-order valence-corrected chi connectivity index (χ4v) is 5.23. The van der Waals surface area contributed by atoms with Crippen molar-refractivity contribution in [3.05, 3.63) is 30.3 Å². The average molecular weight is 524 g/mol. The Bertz CT molecular complexity index is 865. The molecule has 0 radical (unpaired) electrons. The molecule has 8 heteroatoms. The molecule has 1 heterocycles. The molecule has 1 aliphatic heterocycles. The van der Waals surface area contributed by atoms with E-state index in [1.807, 2.05) is 92.6 Å². The highest BCUT2D eigenvalue weighted by molar-refractivity contribution is 8.00. The Hall–Kier alpha value is -1.61. The quantitative estimate of drug-likeness (QED) is 0.345. The van der Waals surface area contributed by atoms with Crippen molar-refractivity contribution in [3.8, 4) is 0 Å². The van der Waals surface area contributed by atoms with Gasteiger partial charge in [-0.3, -0.25) is 14.9 Å². The van der Waals surface area contributed by atoms with E-state index in [1.165, 1.54) is 0 Å². The van der Waals surface area contributed by atoms with Gasteiger partial charge in [0.25, 0.3) is 0 Å². The van der Waals surface area contributed by atoms with E-state index in [-0.39, 0.29) is 37.1 Å². The average Bonchev–Trinajstić information content (AvgIpc) is 2.77. The number of aliphatic hydroxyl groups is 1. The van der Waals surface area contributed by atoms with Crippen LogP contribution >= 0.6 is 11.8 Å². The van der Waals surface area contributed by atoms with Crippen molar-refractivity contribution >= 4 is 23.7 Å². The molecule has 1 saturated heterocycles. The highest BCUT2D eigenvalue weighted by atomic mass is 32.2. The molecule has 1 unspecified atom stereocenters. The van der Waals surface area contributed by atoms with Gasteiger partial charge in [0.1, 0.15) is 11.0 Å². The summed E-state index contributed by atoms with van der Waals surface area (Å²) in [5.41, 5.74) is -1.25. The van der Waals surface area contributed by atoms with Crippen LogP contribution in [0.3, 0.4) is 0 Å². The Morgan fingerprint density at radius 2 is 1.69 bits per heavy atom. The van der Waals surface area contributed by atoms with Crippen LogP contribution < -0.4 is 5.32 Å². The van der Waals surface area contributed by atoms with Crippen molar-refractivity contribution in [1.29, 1.82) is 0 Å². The first-order valence-corrected chi connectivity index (χ1v) is 13.5. The third kappa shape index (κ3) is 8.47. The Balaban J connectivity index is 2.34. The van der Waals surface area contributed by atoms with E-state index in [2.05, 4.69) is 5.32 Å². The summed E-state index contributed by atoms with van der Waals surface area (Å²) >= 11 is 1.59. The summed E-state index contributed by atoms with van der Waals surface area (Å²) in [6.07, 6.45) is -0.480. The first-order chi connectivity index (χ1) is 16.6. The van der Waals surface area contributed by atoms with Gasteiger partial charge in [-0.05, 0) is 72.4 Å². The summed E-state index contributed by atoms with van der Waals surface area (Å²) < 4.78 is 18.4. The number of carbonyl (C=O) groups is 2. The minimum Gasteiger partial charge on any atom is -0.465 e. The third-order valence-electron chi connectivity index (χ3n) is 6.49. The lowest BCUT2D eigenvalue weighted by Crippen LogP contribution is -2.62. The SMILES string of the molecule is C[C@H](COC(=O)C(C)(C)C)[C@@H](C)C1O[C@@](C)(Sc2ccccc2)C[C@@H](OC(=O)C(C)(C)C)[C@H]1NCO. The first-order valence-electron chi connectivity index (χ1n) is 12.7. The van der Waals surface area contributed by atoms with E-state index in [9.17, 15) is 14.7 Å². The molecule has 0 saturated carbocycles. The summed E-state index contributed by atoms with van der Waals surface area (Å²) in [4.78, 5) is 25.6. The fourth-order valence-electron chi connectivity index (χ4n) is 4.03. The molecule has 204 valence electrons. The van der Waals surface area contributed by atoms with Crippen LogP contribution in [0.1, 0.15) is 68.7 Å². The number of esters is 2. The van der Waals surface area contributed by atoms with Gasteiger partial charge in [0.15, 0.2) is 0 Å². The lowest BCUT2D eigenvalue weighted by Gasteiger charge is -2.49. The Kier molecular flexibility index (Phi) is 10.5. The van der Waals surface area contributed by atoms with Crippen molar-refractivity contribution in [2.24, 2.45) is 22.7 Å². The van der Waals surface area contributed by atoms with Crippen molar-refractivity contribution < 1.29 is 28.9 Å². The third-order valence-corrected chi connectivity index (χ3v) is 7.69. The van der Waals surface area contributed by atoms with Gasteiger partial charge >= 0.3 is 11.9 Å². The first kappa shape index (κ1) is 30.6. The molecule has 1 aliphatic rings. The number of benzene rings is 1. The lowest BCUT2D eigenvalue weighted by atomic mass is 9.82. The van der Waals surface area contributed by atoms with Gasteiger partial charge < -0.3 is 19.3 Å². The Morgan fingerprint density at radius 3 is 2.22 bits per heavy atom. The number of carbonyl (C=O) groups excluding carboxylic acids is 2. The summed E-state index contributed by atoms with van der Waals surface area (Å²) in [7, 11) is 0. The monoisotopic (exact) mass is 523 g/mol. The molecule has 1 aromatic rings. The maximum atomic E-state index is 12.9. The molecular formula is C28H45NO6S. The van der Waals surface area contributed by atoms with Crippen LogP contribution in [0, 0.1) is 22.7 Å². The van der Waals surface area contributed by atoms with E-state index in [4.69, 9.17) is 14.2 Å². The second-order valence-corrected chi connectivity index (χ2v) is 13.6. The number of aliphatic hydroxyl groups excluding tert-OH is 1. The molecule has 7 nitrogen and oxygen atoms in total. The van der Waals surface area contributed by atoms with E-state index in [1.54, 1.807) is 11.8 Å². The van der Waals surface area contributed by atoms with Crippen LogP contribution in [-0.4, -0.2) is 53.6 Å². The minimum atomic E-state index is -0.682.